The van der Waals surface area contributed by atoms with E-state index in [0.29, 0.717) is 25.8 Å². The van der Waals surface area contributed by atoms with Crippen molar-refractivity contribution in [3.05, 3.63) is 29.3 Å². The molecule has 0 aliphatic carbocycles. The number of aromatic nitrogens is 1. The second-order valence-electron chi connectivity index (χ2n) is 6.47. The molecule has 1 aliphatic heterocycles. The summed E-state index contributed by atoms with van der Waals surface area (Å²) in [5, 5.41) is 3.93. The maximum absolute atomic E-state index is 12.6. The number of benzene rings is 1. The van der Waals surface area contributed by atoms with Crippen LogP contribution in [0.15, 0.2) is 24.3 Å². The minimum absolute atomic E-state index is 0.0471. The lowest BCUT2D eigenvalue weighted by atomic mass is 10.2. The first-order valence-corrected chi connectivity index (χ1v) is 9.93. The van der Waals surface area contributed by atoms with Gasteiger partial charge in [0.25, 0.3) is 0 Å². The molecular formula is C19H25N3O2S. The van der Waals surface area contributed by atoms with E-state index >= 15 is 0 Å². The SMILES string of the molecule is O=C1CCN(C(=O)CCc2nc3ccccc3s2)CCCCCCN1. The van der Waals surface area contributed by atoms with Crippen molar-refractivity contribution >= 4 is 33.4 Å². The van der Waals surface area contributed by atoms with Crippen molar-refractivity contribution in [3.8, 4) is 0 Å². The minimum atomic E-state index is 0.0471. The molecule has 0 radical (unpaired) electrons. The van der Waals surface area contributed by atoms with Crippen molar-refractivity contribution in [2.45, 2.75) is 44.9 Å². The fourth-order valence-corrected chi connectivity index (χ4v) is 4.06. The van der Waals surface area contributed by atoms with Gasteiger partial charge in [0.1, 0.15) is 0 Å². The summed E-state index contributed by atoms with van der Waals surface area (Å²) < 4.78 is 1.16. The van der Waals surface area contributed by atoms with Crippen LogP contribution in [0.2, 0.25) is 0 Å². The number of carbonyl (C=O) groups is 2. The normalized spacial score (nSPS) is 17.1. The van der Waals surface area contributed by atoms with Crippen LogP contribution in [0.3, 0.4) is 0 Å². The zero-order valence-electron chi connectivity index (χ0n) is 14.5. The Hall–Kier alpha value is -1.95. The van der Waals surface area contributed by atoms with Crippen molar-refractivity contribution in [1.29, 1.82) is 0 Å². The van der Waals surface area contributed by atoms with Gasteiger partial charge in [-0.05, 0) is 25.0 Å². The number of hydrogen-bond donors (Lipinski definition) is 1. The lowest BCUT2D eigenvalue weighted by Gasteiger charge is -2.22. The highest BCUT2D eigenvalue weighted by Gasteiger charge is 2.16. The molecule has 6 heteroatoms. The number of nitrogens with zero attached hydrogens (tertiary/aromatic N) is 2. The molecule has 1 aliphatic rings. The van der Waals surface area contributed by atoms with Crippen molar-refractivity contribution in [3.63, 3.8) is 0 Å². The molecule has 3 rings (SSSR count). The fourth-order valence-electron chi connectivity index (χ4n) is 3.09. The van der Waals surface area contributed by atoms with Crippen LogP contribution in [-0.2, 0) is 16.0 Å². The number of fused-ring (bicyclic) bond motifs is 1. The number of hydrogen-bond acceptors (Lipinski definition) is 4. The first-order valence-electron chi connectivity index (χ1n) is 9.11. The Balaban J connectivity index is 1.56. The number of para-hydroxylation sites is 1. The third-order valence-corrected chi connectivity index (χ3v) is 5.63. The molecule has 0 unspecified atom stereocenters. The van der Waals surface area contributed by atoms with Gasteiger partial charge in [-0.15, -0.1) is 11.3 Å². The number of carbonyl (C=O) groups excluding carboxylic acids is 2. The lowest BCUT2D eigenvalue weighted by Crippen LogP contribution is -2.35. The molecule has 5 nitrogen and oxygen atoms in total. The first kappa shape index (κ1) is 17.9. The zero-order chi connectivity index (χ0) is 17.5. The van der Waals surface area contributed by atoms with Crippen LogP contribution in [0.4, 0.5) is 0 Å². The molecular weight excluding hydrogens is 334 g/mol. The Bertz CT molecular complexity index is 695. The number of aryl methyl sites for hydroxylation is 1. The zero-order valence-corrected chi connectivity index (χ0v) is 15.3. The Morgan fingerprint density at radius 1 is 1.16 bits per heavy atom. The summed E-state index contributed by atoms with van der Waals surface area (Å²) in [5.41, 5.74) is 1.00. The average molecular weight is 359 g/mol. The Morgan fingerprint density at radius 3 is 2.88 bits per heavy atom. The molecule has 1 aromatic heterocycles. The van der Waals surface area contributed by atoms with E-state index < -0.39 is 0 Å². The maximum Gasteiger partial charge on any atom is 0.223 e. The van der Waals surface area contributed by atoms with Gasteiger partial charge in [0.2, 0.25) is 11.8 Å². The van der Waals surface area contributed by atoms with Crippen LogP contribution in [-0.4, -0.2) is 41.3 Å². The number of rotatable bonds is 3. The highest BCUT2D eigenvalue weighted by Crippen LogP contribution is 2.22. The van der Waals surface area contributed by atoms with Crippen molar-refractivity contribution in [1.82, 2.24) is 15.2 Å². The predicted molar refractivity (Wildman–Crippen MR) is 101 cm³/mol. The standard InChI is InChI=1S/C19H25N3O2S/c23-17-11-14-22(13-6-2-1-5-12-20-17)19(24)10-9-18-21-15-7-3-4-8-16(15)25-18/h3-4,7-8H,1-2,5-6,9-14H2,(H,20,23). The predicted octanol–water partition coefficient (Wildman–Crippen LogP) is 3.14. The largest absolute Gasteiger partial charge is 0.356 e. The van der Waals surface area contributed by atoms with Crippen LogP contribution in [0.25, 0.3) is 10.2 Å². The highest BCUT2D eigenvalue weighted by atomic mass is 32.1. The van der Waals surface area contributed by atoms with Gasteiger partial charge in [-0.25, -0.2) is 4.98 Å². The van der Waals surface area contributed by atoms with E-state index in [9.17, 15) is 9.59 Å². The van der Waals surface area contributed by atoms with Crippen molar-refractivity contribution < 1.29 is 9.59 Å². The molecule has 0 bridgehead atoms. The molecule has 1 aromatic carbocycles. The van der Waals surface area contributed by atoms with Gasteiger partial charge in [-0.3, -0.25) is 9.59 Å². The molecule has 0 atom stereocenters. The number of amides is 2. The maximum atomic E-state index is 12.6. The summed E-state index contributed by atoms with van der Waals surface area (Å²) >= 11 is 1.66. The number of thiazole rings is 1. The van der Waals surface area contributed by atoms with Gasteiger partial charge < -0.3 is 10.2 Å². The lowest BCUT2D eigenvalue weighted by molar-refractivity contribution is -0.132. The van der Waals surface area contributed by atoms with E-state index in [1.807, 2.05) is 23.1 Å². The van der Waals surface area contributed by atoms with E-state index in [0.717, 1.165) is 54.0 Å². The van der Waals surface area contributed by atoms with E-state index in [1.54, 1.807) is 11.3 Å². The van der Waals surface area contributed by atoms with Crippen molar-refractivity contribution in [2.75, 3.05) is 19.6 Å². The highest BCUT2D eigenvalue weighted by molar-refractivity contribution is 7.18. The molecule has 2 amide bonds. The van der Waals surface area contributed by atoms with Gasteiger partial charge in [-0.2, -0.15) is 0 Å². The summed E-state index contributed by atoms with van der Waals surface area (Å²) in [7, 11) is 0. The van der Waals surface area contributed by atoms with E-state index in [4.69, 9.17) is 0 Å². The summed E-state index contributed by atoms with van der Waals surface area (Å²) in [6.07, 6.45) is 5.78. The average Bonchev–Trinajstić information content (AvgIpc) is 3.02. The van der Waals surface area contributed by atoms with E-state index in [1.165, 1.54) is 0 Å². The van der Waals surface area contributed by atoms with Gasteiger partial charge >= 0.3 is 0 Å². The third kappa shape index (κ3) is 5.26. The smallest absolute Gasteiger partial charge is 0.223 e. The molecule has 1 N–H and O–H groups in total. The summed E-state index contributed by atoms with van der Waals surface area (Å²) in [6, 6.07) is 8.05. The molecule has 1 fully saturated rings. The van der Waals surface area contributed by atoms with Gasteiger partial charge in [0.05, 0.1) is 15.2 Å². The van der Waals surface area contributed by atoms with Crippen LogP contribution >= 0.6 is 11.3 Å². The van der Waals surface area contributed by atoms with Crippen LogP contribution < -0.4 is 5.32 Å². The Labute approximate surface area is 152 Å². The monoisotopic (exact) mass is 359 g/mol. The summed E-state index contributed by atoms with van der Waals surface area (Å²) in [6.45, 7) is 2.03. The molecule has 2 heterocycles. The first-order chi connectivity index (χ1) is 12.2. The second-order valence-corrected chi connectivity index (χ2v) is 7.59. The topological polar surface area (TPSA) is 62.3 Å². The Morgan fingerprint density at radius 2 is 2.00 bits per heavy atom. The molecule has 0 spiro atoms. The Kier molecular flexibility index (Phi) is 6.39. The molecule has 0 saturated carbocycles. The van der Waals surface area contributed by atoms with E-state index in [-0.39, 0.29) is 11.8 Å². The van der Waals surface area contributed by atoms with Crippen LogP contribution in [0.1, 0.15) is 43.5 Å². The molecule has 2 aromatic rings. The fraction of sp³-hybridized carbons (Fsp3) is 0.526. The summed E-state index contributed by atoms with van der Waals surface area (Å²) in [4.78, 5) is 30.9. The van der Waals surface area contributed by atoms with E-state index in [2.05, 4.69) is 16.4 Å². The molecule has 134 valence electrons. The van der Waals surface area contributed by atoms with Crippen LogP contribution in [0.5, 0.6) is 0 Å². The quantitative estimate of drug-likeness (QED) is 0.916. The van der Waals surface area contributed by atoms with Crippen molar-refractivity contribution in [2.24, 2.45) is 0 Å². The van der Waals surface area contributed by atoms with Crippen LogP contribution in [0, 0.1) is 0 Å². The molecule has 1 saturated heterocycles. The number of nitrogens with one attached hydrogen (secondary N) is 1. The molecule has 25 heavy (non-hydrogen) atoms. The van der Waals surface area contributed by atoms with Gasteiger partial charge in [0, 0.05) is 38.9 Å². The minimum Gasteiger partial charge on any atom is -0.356 e. The third-order valence-electron chi connectivity index (χ3n) is 4.53. The second kappa shape index (κ2) is 8.94. The van der Waals surface area contributed by atoms with Gasteiger partial charge in [-0.1, -0.05) is 25.0 Å². The van der Waals surface area contributed by atoms with Gasteiger partial charge in [0.15, 0.2) is 0 Å². The summed E-state index contributed by atoms with van der Waals surface area (Å²) in [5.74, 6) is 0.178.